The molecule has 0 aromatic rings. The third-order valence-corrected chi connectivity index (χ3v) is 13.8. The van der Waals surface area contributed by atoms with Gasteiger partial charge in [0.15, 0.2) is 11.6 Å². The van der Waals surface area contributed by atoms with Crippen LogP contribution in [0.3, 0.4) is 0 Å². The van der Waals surface area contributed by atoms with E-state index in [1.165, 1.54) is 64.2 Å². The summed E-state index contributed by atoms with van der Waals surface area (Å²) in [6.45, 7) is 17.0. The Bertz CT molecular complexity index is 1360. The SMILES string of the molecule is C=CCCCCCCCCCC(CCCCCCCCCCC(=O)O)(C(=O)O)C(=O)C(C)(C)C.CCCCCCCCCCCC(CCCCCCCCCCC(=O)O)(C(=O)O)C(=O)C(C)(C)C. The topological polar surface area (TPSA) is 183 Å². The van der Waals surface area contributed by atoms with Crippen molar-refractivity contribution in [2.75, 3.05) is 0 Å². The van der Waals surface area contributed by atoms with E-state index in [4.69, 9.17) is 10.2 Å². The second kappa shape index (κ2) is 40.7. The lowest BCUT2D eigenvalue weighted by molar-refractivity contribution is -0.161. The third kappa shape index (κ3) is 33.5. The summed E-state index contributed by atoms with van der Waals surface area (Å²) in [5, 5.41) is 37.7. The molecule has 2 unspecified atom stereocenters. The molecule has 0 radical (unpaired) electrons. The molecule has 10 nitrogen and oxygen atoms in total. The van der Waals surface area contributed by atoms with E-state index in [-0.39, 0.29) is 24.4 Å². The van der Waals surface area contributed by atoms with Crippen molar-refractivity contribution >= 4 is 35.4 Å². The molecule has 0 aliphatic carbocycles. The molecule has 0 bridgehead atoms. The van der Waals surface area contributed by atoms with E-state index in [0.29, 0.717) is 25.7 Å². The average molecular weight is 963 g/mol. The Morgan fingerprint density at radius 1 is 0.353 bits per heavy atom. The van der Waals surface area contributed by atoms with Gasteiger partial charge in [-0.2, -0.15) is 0 Å². The van der Waals surface area contributed by atoms with Crippen molar-refractivity contribution in [2.45, 2.75) is 299 Å². The van der Waals surface area contributed by atoms with Crippen LogP contribution < -0.4 is 0 Å². The van der Waals surface area contributed by atoms with Crippen molar-refractivity contribution in [3.05, 3.63) is 12.7 Å². The first-order chi connectivity index (χ1) is 32.2. The molecule has 0 aliphatic rings. The molecule has 0 saturated carbocycles. The molecule has 0 amide bonds. The molecule has 0 rings (SSSR count). The van der Waals surface area contributed by atoms with E-state index in [9.17, 15) is 39.0 Å². The number of hydrogen-bond acceptors (Lipinski definition) is 6. The number of carboxylic acids is 4. The molecule has 68 heavy (non-hydrogen) atoms. The van der Waals surface area contributed by atoms with E-state index in [0.717, 1.165) is 148 Å². The highest BCUT2D eigenvalue weighted by molar-refractivity contribution is 6.06. The van der Waals surface area contributed by atoms with Crippen molar-refractivity contribution in [3.8, 4) is 0 Å². The predicted octanol–water partition coefficient (Wildman–Crippen LogP) is 16.9. The number of aliphatic carboxylic acids is 4. The molecule has 10 heteroatoms. The van der Waals surface area contributed by atoms with E-state index in [2.05, 4.69) is 13.5 Å². The summed E-state index contributed by atoms with van der Waals surface area (Å²) in [5.41, 5.74) is -3.84. The van der Waals surface area contributed by atoms with Crippen molar-refractivity contribution in [1.82, 2.24) is 0 Å². The number of Topliss-reactive ketones (excluding diaryl/α,β-unsaturated/α-hetero) is 2. The van der Waals surface area contributed by atoms with Crippen LogP contribution in [0.15, 0.2) is 12.7 Å². The quantitative estimate of drug-likeness (QED) is 0.0260. The van der Waals surface area contributed by atoms with Gasteiger partial charge in [-0.25, -0.2) is 0 Å². The fourth-order valence-corrected chi connectivity index (χ4v) is 9.63. The van der Waals surface area contributed by atoms with Gasteiger partial charge in [0.1, 0.15) is 10.8 Å². The fourth-order valence-electron chi connectivity index (χ4n) is 9.63. The maximum absolute atomic E-state index is 13.3. The summed E-state index contributed by atoms with van der Waals surface area (Å²) in [7, 11) is 0. The van der Waals surface area contributed by atoms with Gasteiger partial charge in [-0.3, -0.25) is 28.8 Å². The Kier molecular flexibility index (Phi) is 40.1. The summed E-state index contributed by atoms with van der Waals surface area (Å²) >= 11 is 0. The van der Waals surface area contributed by atoms with Crippen LogP contribution in [0.4, 0.5) is 0 Å². The predicted molar refractivity (Wildman–Crippen MR) is 280 cm³/mol. The third-order valence-electron chi connectivity index (χ3n) is 13.8. The molecule has 0 saturated heterocycles. The molecule has 398 valence electrons. The molecule has 0 heterocycles. The van der Waals surface area contributed by atoms with Gasteiger partial charge in [0, 0.05) is 23.7 Å². The number of hydrogen-bond donors (Lipinski definition) is 4. The van der Waals surface area contributed by atoms with Gasteiger partial charge in [-0.05, 0) is 51.4 Å². The number of carbonyl (C=O) groups excluding carboxylic acids is 2. The normalized spacial score (nSPS) is 13.5. The lowest BCUT2D eigenvalue weighted by Crippen LogP contribution is -2.45. The zero-order valence-corrected chi connectivity index (χ0v) is 45.1. The number of unbranched alkanes of at least 4 members (excludes halogenated alkanes) is 29. The maximum Gasteiger partial charge on any atom is 0.317 e. The van der Waals surface area contributed by atoms with Crippen LogP contribution in [-0.2, 0) is 28.8 Å². The smallest absolute Gasteiger partial charge is 0.317 e. The Labute approximate surface area is 416 Å². The van der Waals surface area contributed by atoms with E-state index in [1.807, 2.05) is 47.6 Å². The zero-order chi connectivity index (χ0) is 51.7. The first-order valence-electron chi connectivity index (χ1n) is 27.8. The van der Waals surface area contributed by atoms with Crippen LogP contribution in [0.5, 0.6) is 0 Å². The Morgan fingerprint density at radius 3 is 0.779 bits per heavy atom. The number of carbonyl (C=O) groups is 6. The van der Waals surface area contributed by atoms with Gasteiger partial charge in [0.25, 0.3) is 0 Å². The molecule has 4 N–H and O–H groups in total. The summed E-state index contributed by atoms with van der Waals surface area (Å²) in [6.07, 6.45) is 38.8. The summed E-state index contributed by atoms with van der Waals surface area (Å²) < 4.78 is 0. The molecule has 0 fully saturated rings. The number of rotatable bonds is 46. The van der Waals surface area contributed by atoms with E-state index < -0.39 is 45.5 Å². The zero-order valence-electron chi connectivity index (χ0n) is 45.1. The highest BCUT2D eigenvalue weighted by Crippen LogP contribution is 2.41. The van der Waals surface area contributed by atoms with Crippen LogP contribution in [0.2, 0.25) is 0 Å². The number of allylic oxidation sites excluding steroid dienone is 1. The van der Waals surface area contributed by atoms with Gasteiger partial charge in [0.05, 0.1) is 0 Å². The summed E-state index contributed by atoms with van der Waals surface area (Å²) in [6, 6.07) is 0. The Balaban J connectivity index is 0. The van der Waals surface area contributed by atoms with Crippen molar-refractivity contribution in [2.24, 2.45) is 21.7 Å². The van der Waals surface area contributed by atoms with Crippen molar-refractivity contribution in [3.63, 3.8) is 0 Å². The lowest BCUT2D eigenvalue weighted by Gasteiger charge is -2.34. The van der Waals surface area contributed by atoms with Crippen LogP contribution >= 0.6 is 0 Å². The van der Waals surface area contributed by atoms with Crippen molar-refractivity contribution in [1.29, 1.82) is 0 Å². The number of carboxylic acid groups (broad SMARTS) is 4. The van der Waals surface area contributed by atoms with E-state index in [1.54, 1.807) is 0 Å². The van der Waals surface area contributed by atoms with Crippen LogP contribution in [0, 0.1) is 21.7 Å². The molecule has 0 aliphatic heterocycles. The second-order valence-corrected chi connectivity index (χ2v) is 22.3. The fraction of sp³-hybridized carbons (Fsp3) is 0.862. The van der Waals surface area contributed by atoms with Gasteiger partial charge in [0.2, 0.25) is 0 Å². The first kappa shape index (κ1) is 67.0. The van der Waals surface area contributed by atoms with Crippen molar-refractivity contribution < 1.29 is 49.2 Å². The van der Waals surface area contributed by atoms with Gasteiger partial charge >= 0.3 is 23.9 Å². The van der Waals surface area contributed by atoms with Gasteiger partial charge in [-0.1, -0.05) is 241 Å². The second-order valence-electron chi connectivity index (χ2n) is 22.3. The highest BCUT2D eigenvalue weighted by atomic mass is 16.4. The van der Waals surface area contributed by atoms with Gasteiger partial charge < -0.3 is 20.4 Å². The minimum Gasteiger partial charge on any atom is -0.481 e. The molecule has 0 spiro atoms. The maximum atomic E-state index is 13.3. The first-order valence-corrected chi connectivity index (χ1v) is 27.8. The lowest BCUT2D eigenvalue weighted by atomic mass is 9.67. The van der Waals surface area contributed by atoms with Gasteiger partial charge in [-0.15, -0.1) is 6.58 Å². The average Bonchev–Trinajstić information content (AvgIpc) is 3.26. The molecule has 0 aromatic heterocycles. The Morgan fingerprint density at radius 2 is 0.574 bits per heavy atom. The van der Waals surface area contributed by atoms with Crippen LogP contribution in [0.1, 0.15) is 299 Å². The minimum absolute atomic E-state index is 0.120. The number of ketones is 2. The standard InChI is InChI=1S/C29H54O5.C29H52O5/c2*1-5-6-7-8-9-11-14-17-20-23-29(27(33)34,26(32)28(2,3)4)24-21-18-15-12-10-13-16-19-22-25(30)31/h5-24H2,1-4H3,(H,30,31)(H,33,34);5H,1,6-24H2,2-4H3,(H,30,31)(H,33,34). The summed E-state index contributed by atoms with van der Waals surface area (Å²) in [4.78, 5) is 72.5. The molecular weight excluding hydrogens is 857 g/mol. The molecule has 0 aromatic carbocycles. The summed E-state index contributed by atoms with van der Waals surface area (Å²) in [5.74, 6) is -3.60. The molecular formula is C58H106O10. The van der Waals surface area contributed by atoms with E-state index >= 15 is 0 Å². The monoisotopic (exact) mass is 963 g/mol. The molecule has 2 atom stereocenters. The van der Waals surface area contributed by atoms with Crippen LogP contribution in [-0.4, -0.2) is 55.9 Å². The van der Waals surface area contributed by atoms with Crippen LogP contribution in [0.25, 0.3) is 0 Å². The minimum atomic E-state index is -1.26. The Hall–Kier alpha value is -3.04. The highest BCUT2D eigenvalue weighted by Gasteiger charge is 2.50. The largest absolute Gasteiger partial charge is 0.481 e.